The number of aromatic nitrogens is 1. The molecule has 2 nitrogen and oxygen atoms in total. The second kappa shape index (κ2) is 3.68. The maximum atomic E-state index is 7.53. The van der Waals surface area contributed by atoms with Crippen LogP contribution in [0.1, 0.15) is 16.7 Å². The number of nitrogens with zero attached hydrogens (tertiary/aromatic N) is 1. The normalized spacial score (nSPS) is 24.1. The summed E-state index contributed by atoms with van der Waals surface area (Å²) in [5.41, 5.74) is -0.711. The lowest BCUT2D eigenvalue weighted by atomic mass is 10.4. The van der Waals surface area contributed by atoms with Crippen LogP contribution >= 0.6 is 15.9 Å². The fourth-order valence-corrected chi connectivity index (χ4v) is 0.559. The Hall–Kier alpha value is -0.410. The average Bonchev–Trinajstić information content (AvgIpc) is 2.16. The van der Waals surface area contributed by atoms with Crippen molar-refractivity contribution in [2.45, 2.75) is 6.56 Å². The summed E-state index contributed by atoms with van der Waals surface area (Å²) in [6, 6.07) is -1.09. The van der Waals surface area contributed by atoms with Crippen molar-refractivity contribution < 1.29 is 15.7 Å². The van der Waals surface area contributed by atoms with E-state index in [-0.39, 0.29) is 4.47 Å². The lowest BCUT2D eigenvalue weighted by Crippen LogP contribution is -1.89. The highest BCUT2D eigenvalue weighted by Crippen LogP contribution is 2.07. The Balaban J connectivity index is 3.33. The highest BCUT2D eigenvalue weighted by atomic mass is 79.9. The van der Waals surface area contributed by atoms with Gasteiger partial charge in [-0.15, -0.1) is 0 Å². The molecule has 0 aliphatic heterocycles. The second-order valence-electron chi connectivity index (χ2n) is 1.34. The monoisotopic (exact) mass is 209 g/mol. The third-order valence-electron chi connectivity index (χ3n) is 0.704. The zero-order valence-corrected chi connectivity index (χ0v) is 6.32. The second-order valence-corrected chi connectivity index (χ2v) is 2.13. The topological polar surface area (TPSA) is 22.1 Å². The van der Waals surface area contributed by atoms with Gasteiger partial charge in [0.15, 0.2) is 0 Å². The molecular formula is C7H8BrNO. The molecule has 10 heavy (non-hydrogen) atoms. The van der Waals surface area contributed by atoms with Crippen LogP contribution < -0.4 is 0 Å². The molecule has 0 atom stereocenters. The van der Waals surface area contributed by atoms with E-state index in [2.05, 4.69) is 25.7 Å². The van der Waals surface area contributed by atoms with Gasteiger partial charge >= 0.3 is 0 Å². The van der Waals surface area contributed by atoms with Crippen LogP contribution in [0.2, 0.25) is 0 Å². The summed E-state index contributed by atoms with van der Waals surface area (Å²) in [4.78, 5) is 3.45. The number of rotatable bonds is 2. The molecule has 54 valence electrons. The fourth-order valence-electron chi connectivity index (χ4n) is 0.372. The SMILES string of the molecule is [2H]c1nc(C([2H])([2H])OC([2H])([2H])[2H])c([2H])c([2H])c1Br. The van der Waals surface area contributed by atoms with Gasteiger partial charge in [0.1, 0.15) is 0 Å². The smallest absolute Gasteiger partial charge is 0.0884 e. The van der Waals surface area contributed by atoms with E-state index in [4.69, 9.17) is 11.0 Å². The highest BCUT2D eigenvalue weighted by Gasteiger charge is 1.90. The van der Waals surface area contributed by atoms with E-state index in [1.807, 2.05) is 0 Å². The summed E-state index contributed by atoms with van der Waals surface area (Å²) >= 11 is 2.86. The Bertz CT molecular complexity index is 473. The predicted octanol–water partition coefficient (Wildman–Crippen LogP) is 1.99. The molecule has 0 radical (unpaired) electrons. The van der Waals surface area contributed by atoms with Crippen LogP contribution in [0.3, 0.4) is 0 Å². The molecule has 1 rings (SSSR count). The molecule has 1 aromatic rings. The van der Waals surface area contributed by atoms with E-state index in [1.165, 1.54) is 0 Å². The van der Waals surface area contributed by atoms with Gasteiger partial charge < -0.3 is 4.74 Å². The number of methoxy groups -OCH3 is 1. The van der Waals surface area contributed by atoms with E-state index in [0.29, 0.717) is 0 Å². The Morgan fingerprint density at radius 2 is 2.90 bits per heavy atom. The van der Waals surface area contributed by atoms with Crippen LogP contribution in [0.15, 0.2) is 22.7 Å². The van der Waals surface area contributed by atoms with Crippen molar-refractivity contribution >= 4 is 15.9 Å². The summed E-state index contributed by atoms with van der Waals surface area (Å²) in [5, 5.41) is 0. The lowest BCUT2D eigenvalue weighted by molar-refractivity contribution is 0.181. The first kappa shape index (κ1) is 2.29. The first-order valence-corrected chi connectivity index (χ1v) is 3.09. The summed E-state index contributed by atoms with van der Waals surface area (Å²) in [6.07, 6.45) is -0.469. The molecule has 1 aromatic heterocycles. The maximum Gasteiger partial charge on any atom is 0.0884 e. The van der Waals surface area contributed by atoms with Crippen molar-refractivity contribution in [3.05, 3.63) is 28.4 Å². The number of halogens is 1. The molecule has 0 amide bonds. The van der Waals surface area contributed by atoms with Gasteiger partial charge in [0.25, 0.3) is 0 Å². The molecule has 0 aliphatic carbocycles. The van der Waals surface area contributed by atoms with Crippen LogP contribution in [-0.2, 0) is 11.3 Å². The third kappa shape index (κ3) is 2.08. The third-order valence-corrected chi connectivity index (χ3v) is 1.08. The highest BCUT2D eigenvalue weighted by molar-refractivity contribution is 9.10. The van der Waals surface area contributed by atoms with Gasteiger partial charge in [-0.05, 0) is 28.0 Å². The predicted molar refractivity (Wildman–Crippen MR) is 42.6 cm³/mol. The quantitative estimate of drug-likeness (QED) is 0.744. The van der Waals surface area contributed by atoms with Crippen molar-refractivity contribution in [1.82, 2.24) is 4.98 Å². The Morgan fingerprint density at radius 3 is 3.70 bits per heavy atom. The first-order valence-electron chi connectivity index (χ1n) is 6.29. The molecule has 0 fully saturated rings. The van der Waals surface area contributed by atoms with Crippen molar-refractivity contribution in [2.24, 2.45) is 0 Å². The summed E-state index contributed by atoms with van der Waals surface area (Å²) in [7, 11) is -3.02. The molecule has 1 heterocycles. The summed E-state index contributed by atoms with van der Waals surface area (Å²) in [6.45, 7) is -2.88. The van der Waals surface area contributed by atoms with E-state index < -0.39 is 37.5 Å². The number of pyridine rings is 1. The molecule has 0 aliphatic rings. The van der Waals surface area contributed by atoms with E-state index in [1.54, 1.807) is 0 Å². The van der Waals surface area contributed by atoms with Gasteiger partial charge in [-0.25, -0.2) is 0 Å². The molecule has 0 N–H and O–H groups in total. The molecule has 0 saturated carbocycles. The molecule has 0 aromatic carbocycles. The van der Waals surface area contributed by atoms with Crippen molar-refractivity contribution in [1.29, 1.82) is 0 Å². The molecule has 0 unspecified atom stereocenters. The number of hydrogen-bond acceptors (Lipinski definition) is 2. The van der Waals surface area contributed by atoms with E-state index in [9.17, 15) is 0 Å². The minimum atomic E-state index is -3.02. The molecule has 0 spiro atoms. The lowest BCUT2D eigenvalue weighted by Gasteiger charge is -1.96. The standard InChI is InChI=1S/C7H8BrNO/c1-10-5-7-3-2-6(8)4-9-7/h2-4H,5H2,1H3/i1D3,2D,3D,4D,5D2. The van der Waals surface area contributed by atoms with Crippen molar-refractivity contribution in [2.75, 3.05) is 7.04 Å². The number of ether oxygens (including phenoxy) is 1. The Labute approximate surface area is 79.6 Å². The average molecular weight is 210 g/mol. The molecular weight excluding hydrogens is 194 g/mol. The van der Waals surface area contributed by atoms with Crippen LogP contribution in [0.5, 0.6) is 0 Å². The maximum absolute atomic E-state index is 7.53. The van der Waals surface area contributed by atoms with Gasteiger partial charge in [0, 0.05) is 17.7 Å². The Morgan fingerprint density at radius 1 is 2.00 bits per heavy atom. The zero-order valence-electron chi connectivity index (χ0n) is 12.7. The van der Waals surface area contributed by atoms with Gasteiger partial charge in [0.2, 0.25) is 0 Å². The summed E-state index contributed by atoms with van der Waals surface area (Å²) < 4.78 is 61.9. The molecule has 3 heteroatoms. The molecule has 0 bridgehead atoms. The minimum Gasteiger partial charge on any atom is -0.378 e. The van der Waals surface area contributed by atoms with Crippen molar-refractivity contribution in [3.63, 3.8) is 0 Å². The Kier molecular flexibility index (Phi) is 0.843. The van der Waals surface area contributed by atoms with Gasteiger partial charge in [-0.1, -0.05) is 0 Å². The zero-order chi connectivity index (χ0) is 14.3. The largest absolute Gasteiger partial charge is 0.378 e. The first-order chi connectivity index (χ1) is 7.96. The summed E-state index contributed by atoms with van der Waals surface area (Å²) in [5.74, 6) is 0. The number of hydrogen-bond donors (Lipinski definition) is 0. The van der Waals surface area contributed by atoms with Gasteiger partial charge in [0.05, 0.1) is 23.2 Å². The van der Waals surface area contributed by atoms with E-state index >= 15 is 0 Å². The van der Waals surface area contributed by atoms with Crippen molar-refractivity contribution in [3.8, 4) is 0 Å². The van der Waals surface area contributed by atoms with Crippen LogP contribution in [-0.4, -0.2) is 12.0 Å². The van der Waals surface area contributed by atoms with Gasteiger partial charge in [-0.2, -0.15) is 0 Å². The minimum absolute atomic E-state index is 0.0686. The van der Waals surface area contributed by atoms with Crippen LogP contribution in [0.25, 0.3) is 0 Å². The van der Waals surface area contributed by atoms with E-state index in [0.717, 1.165) is 0 Å². The van der Waals surface area contributed by atoms with Crippen LogP contribution in [0, 0.1) is 0 Å². The molecule has 0 saturated heterocycles. The van der Waals surface area contributed by atoms with Gasteiger partial charge in [-0.3, -0.25) is 4.98 Å². The fraction of sp³-hybridized carbons (Fsp3) is 0.286. The van der Waals surface area contributed by atoms with Crippen LogP contribution in [0.4, 0.5) is 0 Å².